The van der Waals surface area contributed by atoms with Gasteiger partial charge in [-0.2, -0.15) is 13.1 Å². The van der Waals surface area contributed by atoms with Gasteiger partial charge in [-0.15, -0.1) is 0 Å². The minimum atomic E-state index is -3.67. The Balaban J connectivity index is 3.92. The van der Waals surface area contributed by atoms with Crippen molar-refractivity contribution in [3.05, 3.63) is 0 Å². The number of carboxylic acid groups (broad SMARTS) is 1. The Kier molecular flexibility index (Phi) is 4.10. The SMILES string of the molecule is CNS(=O)(=O)NC[C@H](O)C(=O)O. The molecule has 0 radical (unpaired) electrons. The van der Waals surface area contributed by atoms with Gasteiger partial charge in [0.15, 0.2) is 6.10 Å². The van der Waals surface area contributed by atoms with Gasteiger partial charge in [0.2, 0.25) is 0 Å². The van der Waals surface area contributed by atoms with Crippen molar-refractivity contribution in [2.75, 3.05) is 13.6 Å². The van der Waals surface area contributed by atoms with Crippen LogP contribution in [-0.4, -0.2) is 44.3 Å². The first-order chi connectivity index (χ1) is 5.39. The number of hydrogen-bond donors (Lipinski definition) is 4. The summed E-state index contributed by atoms with van der Waals surface area (Å²) >= 11 is 0. The van der Waals surface area contributed by atoms with E-state index < -0.39 is 28.8 Å². The van der Waals surface area contributed by atoms with Gasteiger partial charge in [-0.05, 0) is 0 Å². The summed E-state index contributed by atoms with van der Waals surface area (Å²) in [5.41, 5.74) is 0. The molecule has 7 nitrogen and oxygen atoms in total. The molecule has 0 rings (SSSR count). The minimum Gasteiger partial charge on any atom is -0.479 e. The summed E-state index contributed by atoms with van der Waals surface area (Å²) in [5, 5.41) is 16.8. The van der Waals surface area contributed by atoms with E-state index in [9.17, 15) is 13.2 Å². The van der Waals surface area contributed by atoms with Crippen molar-refractivity contribution in [1.29, 1.82) is 0 Å². The fraction of sp³-hybridized carbons (Fsp3) is 0.750. The Hall–Kier alpha value is -0.700. The van der Waals surface area contributed by atoms with Crippen molar-refractivity contribution < 1.29 is 23.4 Å². The highest BCUT2D eigenvalue weighted by Gasteiger charge is 2.15. The highest BCUT2D eigenvalue weighted by Crippen LogP contribution is 1.81. The van der Waals surface area contributed by atoms with E-state index in [1.54, 1.807) is 0 Å². The van der Waals surface area contributed by atoms with Crippen LogP contribution in [0, 0.1) is 0 Å². The lowest BCUT2D eigenvalue weighted by Gasteiger charge is -2.06. The van der Waals surface area contributed by atoms with Gasteiger partial charge < -0.3 is 10.2 Å². The third-order valence-electron chi connectivity index (χ3n) is 1.02. The third kappa shape index (κ3) is 4.23. The van der Waals surface area contributed by atoms with E-state index in [0.717, 1.165) is 7.05 Å². The van der Waals surface area contributed by atoms with Crippen molar-refractivity contribution in [3.63, 3.8) is 0 Å². The highest BCUT2D eigenvalue weighted by atomic mass is 32.2. The molecule has 8 heteroatoms. The Morgan fingerprint density at radius 2 is 2.08 bits per heavy atom. The molecule has 0 unspecified atom stereocenters. The maximum Gasteiger partial charge on any atom is 0.333 e. The molecule has 0 heterocycles. The molecule has 0 aliphatic rings. The van der Waals surface area contributed by atoms with Crippen LogP contribution in [0.3, 0.4) is 0 Å². The van der Waals surface area contributed by atoms with E-state index in [2.05, 4.69) is 0 Å². The Bertz CT molecular complexity index is 248. The Morgan fingerprint density at radius 3 is 2.42 bits per heavy atom. The zero-order valence-corrected chi connectivity index (χ0v) is 7.13. The first-order valence-electron chi connectivity index (χ1n) is 2.98. The van der Waals surface area contributed by atoms with Gasteiger partial charge in [0.1, 0.15) is 0 Å². The van der Waals surface area contributed by atoms with Crippen LogP contribution in [0.25, 0.3) is 0 Å². The standard InChI is InChI=1S/C4H10N2O5S/c1-5-12(10,11)6-2-3(7)4(8)9/h3,5-7H,2H2,1H3,(H,8,9)/t3-/m0/s1. The number of aliphatic hydroxyl groups is 1. The number of rotatable bonds is 5. The number of hydrogen-bond acceptors (Lipinski definition) is 4. The molecule has 0 spiro atoms. The summed E-state index contributed by atoms with van der Waals surface area (Å²) in [7, 11) is -2.51. The van der Waals surface area contributed by atoms with Crippen LogP contribution in [0.4, 0.5) is 0 Å². The van der Waals surface area contributed by atoms with Gasteiger partial charge >= 0.3 is 5.97 Å². The molecule has 0 saturated carbocycles. The summed E-state index contributed by atoms with van der Waals surface area (Å²) < 4.78 is 24.9. The highest BCUT2D eigenvalue weighted by molar-refractivity contribution is 7.87. The lowest BCUT2D eigenvalue weighted by atomic mass is 10.4. The molecule has 0 aromatic heterocycles. The van der Waals surface area contributed by atoms with Crippen LogP contribution in [0.2, 0.25) is 0 Å². The fourth-order valence-electron chi connectivity index (χ4n) is 0.348. The average Bonchev–Trinajstić information content (AvgIpc) is 2.00. The summed E-state index contributed by atoms with van der Waals surface area (Å²) in [6.45, 7) is -0.557. The predicted molar refractivity (Wildman–Crippen MR) is 39.6 cm³/mol. The molecule has 72 valence electrons. The molecule has 0 saturated heterocycles. The third-order valence-corrected chi connectivity index (χ3v) is 2.10. The average molecular weight is 198 g/mol. The van der Waals surface area contributed by atoms with Gasteiger partial charge in [0.25, 0.3) is 10.2 Å². The summed E-state index contributed by atoms with van der Waals surface area (Å²) in [4.78, 5) is 10.00. The zero-order valence-electron chi connectivity index (χ0n) is 6.31. The van der Waals surface area contributed by atoms with Crippen molar-refractivity contribution in [2.24, 2.45) is 0 Å². The summed E-state index contributed by atoms with van der Waals surface area (Å²) in [6.07, 6.45) is -1.73. The predicted octanol–water partition coefficient (Wildman–Crippen LogP) is -2.51. The number of aliphatic hydroxyl groups excluding tert-OH is 1. The molecule has 0 aliphatic carbocycles. The van der Waals surface area contributed by atoms with Crippen LogP contribution in [0.1, 0.15) is 0 Å². The molecule has 0 aliphatic heterocycles. The van der Waals surface area contributed by atoms with Gasteiger partial charge in [0.05, 0.1) is 0 Å². The van der Waals surface area contributed by atoms with Crippen molar-refractivity contribution in [1.82, 2.24) is 9.44 Å². The molecular weight excluding hydrogens is 188 g/mol. The van der Waals surface area contributed by atoms with Crippen LogP contribution >= 0.6 is 0 Å². The van der Waals surface area contributed by atoms with Crippen LogP contribution in [0.15, 0.2) is 0 Å². The maximum atomic E-state index is 10.6. The molecule has 12 heavy (non-hydrogen) atoms. The van der Waals surface area contributed by atoms with Gasteiger partial charge in [-0.1, -0.05) is 0 Å². The number of carbonyl (C=O) groups is 1. The van der Waals surface area contributed by atoms with E-state index >= 15 is 0 Å². The molecular formula is C4H10N2O5S. The zero-order chi connectivity index (χ0) is 9.78. The molecule has 0 aromatic rings. The fourth-order valence-corrected chi connectivity index (χ4v) is 0.870. The number of nitrogens with one attached hydrogen (secondary N) is 2. The van der Waals surface area contributed by atoms with Gasteiger partial charge in [-0.25, -0.2) is 9.52 Å². The Morgan fingerprint density at radius 1 is 1.58 bits per heavy atom. The van der Waals surface area contributed by atoms with E-state index in [-0.39, 0.29) is 0 Å². The van der Waals surface area contributed by atoms with Gasteiger partial charge in [-0.3, -0.25) is 0 Å². The van der Waals surface area contributed by atoms with Crippen LogP contribution < -0.4 is 9.44 Å². The monoisotopic (exact) mass is 198 g/mol. The molecule has 0 bridgehead atoms. The normalized spacial score (nSPS) is 14.2. The number of aliphatic carboxylic acids is 1. The van der Waals surface area contributed by atoms with E-state index in [1.807, 2.05) is 9.44 Å². The molecule has 0 aromatic carbocycles. The van der Waals surface area contributed by atoms with Crippen LogP contribution in [0.5, 0.6) is 0 Å². The first-order valence-corrected chi connectivity index (χ1v) is 4.46. The summed E-state index contributed by atoms with van der Waals surface area (Å²) in [6, 6.07) is 0. The minimum absolute atomic E-state index is 0.557. The quantitative estimate of drug-likeness (QED) is 0.389. The van der Waals surface area contributed by atoms with E-state index in [0.29, 0.717) is 0 Å². The Labute approximate surface area is 69.6 Å². The van der Waals surface area contributed by atoms with E-state index in [4.69, 9.17) is 10.2 Å². The molecule has 4 N–H and O–H groups in total. The second-order valence-corrected chi connectivity index (χ2v) is 3.61. The van der Waals surface area contributed by atoms with Crippen molar-refractivity contribution in [2.45, 2.75) is 6.10 Å². The van der Waals surface area contributed by atoms with Crippen LogP contribution in [-0.2, 0) is 15.0 Å². The summed E-state index contributed by atoms with van der Waals surface area (Å²) in [5.74, 6) is -1.48. The van der Waals surface area contributed by atoms with Gasteiger partial charge in [0, 0.05) is 13.6 Å². The molecule has 0 amide bonds. The maximum absolute atomic E-state index is 10.6. The molecule has 1 atom stereocenters. The van der Waals surface area contributed by atoms with Crippen molar-refractivity contribution >= 4 is 16.2 Å². The smallest absolute Gasteiger partial charge is 0.333 e. The van der Waals surface area contributed by atoms with E-state index in [1.165, 1.54) is 0 Å². The lowest BCUT2D eigenvalue weighted by Crippen LogP contribution is -2.41. The first kappa shape index (κ1) is 11.3. The topological polar surface area (TPSA) is 116 Å². The number of carboxylic acids is 1. The lowest BCUT2D eigenvalue weighted by molar-refractivity contribution is -0.146. The second kappa shape index (κ2) is 4.36. The second-order valence-electron chi connectivity index (χ2n) is 1.91. The van der Waals surface area contributed by atoms with Crippen molar-refractivity contribution in [3.8, 4) is 0 Å². The largest absolute Gasteiger partial charge is 0.479 e. The molecule has 0 fully saturated rings.